The van der Waals surface area contributed by atoms with Crippen molar-refractivity contribution in [2.45, 2.75) is 116 Å². The topological polar surface area (TPSA) is 91.3 Å². The standard InChI is InChI=1S/C39H68NO7P/c1-6-8-10-11-12-13-14-15-16-17-18-19-20-21-22-23-24-25-26-27-28-29-30-31-34-44-36-38(47-39(41)32-9-7-2)37-46-48(42,43)45-35-33-40(3,4)5/h8,10,12-13,15-16,18-19,21-22,24-25,38H,6-7,9,11,14,17,20,23,26-37H2,1-5H3/p+1/b10-8-,13-12-,16-15-,19-18-,22-21-,25-24-. The molecule has 0 aromatic rings. The molecule has 1 N–H and O–H groups in total. The number of esters is 1. The third-order valence-electron chi connectivity index (χ3n) is 7.03. The second-order valence-corrected chi connectivity index (χ2v) is 14.3. The Kier molecular flexibility index (Phi) is 30.8. The highest BCUT2D eigenvalue weighted by Crippen LogP contribution is 2.43. The molecule has 2 unspecified atom stereocenters. The fourth-order valence-electron chi connectivity index (χ4n) is 4.18. The largest absolute Gasteiger partial charge is 0.472 e. The van der Waals surface area contributed by atoms with Gasteiger partial charge in [-0.15, -0.1) is 0 Å². The van der Waals surface area contributed by atoms with Crippen LogP contribution in [0.1, 0.15) is 110 Å². The summed E-state index contributed by atoms with van der Waals surface area (Å²) < 4.78 is 34.3. The van der Waals surface area contributed by atoms with Gasteiger partial charge in [0.1, 0.15) is 19.3 Å². The molecule has 9 heteroatoms. The molecule has 0 amide bonds. The summed E-state index contributed by atoms with van der Waals surface area (Å²) in [6.45, 7) is 5.17. The number of rotatable bonds is 32. The van der Waals surface area contributed by atoms with Crippen LogP contribution in [-0.2, 0) is 27.9 Å². The fourth-order valence-corrected chi connectivity index (χ4v) is 4.92. The predicted octanol–water partition coefficient (Wildman–Crippen LogP) is 9.98. The van der Waals surface area contributed by atoms with Gasteiger partial charge in [-0.3, -0.25) is 13.8 Å². The molecule has 2 atom stereocenters. The van der Waals surface area contributed by atoms with Gasteiger partial charge in [0.05, 0.1) is 34.4 Å². The summed E-state index contributed by atoms with van der Waals surface area (Å²) in [5, 5.41) is 0. The summed E-state index contributed by atoms with van der Waals surface area (Å²) in [5.41, 5.74) is 0. The average Bonchev–Trinajstić information content (AvgIpc) is 3.03. The lowest BCUT2D eigenvalue weighted by molar-refractivity contribution is -0.870. The number of quaternary nitrogens is 1. The maximum absolute atomic E-state index is 12.3. The molecule has 0 rings (SSSR count). The molecule has 0 radical (unpaired) electrons. The number of unbranched alkanes of at least 4 members (excludes halogenated alkanes) is 6. The summed E-state index contributed by atoms with van der Waals surface area (Å²) in [5.74, 6) is -0.361. The first-order valence-electron chi connectivity index (χ1n) is 18.2. The van der Waals surface area contributed by atoms with Crippen molar-refractivity contribution < 1.29 is 37.3 Å². The molecule has 0 bridgehead atoms. The second-order valence-electron chi connectivity index (χ2n) is 12.9. The van der Waals surface area contributed by atoms with Gasteiger partial charge in [-0.1, -0.05) is 112 Å². The zero-order valence-electron chi connectivity index (χ0n) is 30.9. The van der Waals surface area contributed by atoms with Crippen molar-refractivity contribution in [3.63, 3.8) is 0 Å². The van der Waals surface area contributed by atoms with E-state index in [0.29, 0.717) is 24.1 Å². The lowest BCUT2D eigenvalue weighted by Gasteiger charge is -2.24. The van der Waals surface area contributed by atoms with Crippen LogP contribution in [0, 0.1) is 0 Å². The van der Waals surface area contributed by atoms with Crippen LogP contribution >= 0.6 is 7.82 Å². The van der Waals surface area contributed by atoms with Gasteiger partial charge >= 0.3 is 13.8 Å². The van der Waals surface area contributed by atoms with Gasteiger partial charge in [0, 0.05) is 13.0 Å². The summed E-state index contributed by atoms with van der Waals surface area (Å²) >= 11 is 0. The van der Waals surface area contributed by atoms with Gasteiger partial charge in [0.2, 0.25) is 0 Å². The maximum Gasteiger partial charge on any atom is 0.472 e. The Balaban J connectivity index is 3.99. The highest BCUT2D eigenvalue weighted by molar-refractivity contribution is 7.47. The molecule has 0 saturated carbocycles. The number of nitrogens with zero attached hydrogens (tertiary/aromatic N) is 1. The van der Waals surface area contributed by atoms with Crippen molar-refractivity contribution in [2.24, 2.45) is 0 Å². The number of carbonyl (C=O) groups excluding carboxylic acids is 1. The lowest BCUT2D eigenvalue weighted by atomic mass is 10.1. The highest BCUT2D eigenvalue weighted by Gasteiger charge is 2.26. The lowest BCUT2D eigenvalue weighted by Crippen LogP contribution is -2.37. The van der Waals surface area contributed by atoms with E-state index in [4.69, 9.17) is 18.5 Å². The Morgan fingerprint density at radius 1 is 0.667 bits per heavy atom. The average molecular weight is 695 g/mol. The van der Waals surface area contributed by atoms with Crippen molar-refractivity contribution in [3.8, 4) is 0 Å². The van der Waals surface area contributed by atoms with E-state index in [-0.39, 0.29) is 25.8 Å². The van der Waals surface area contributed by atoms with E-state index in [0.717, 1.165) is 77.0 Å². The molecule has 0 aromatic carbocycles. The third-order valence-corrected chi connectivity index (χ3v) is 8.02. The molecule has 8 nitrogen and oxygen atoms in total. The molecule has 276 valence electrons. The van der Waals surface area contributed by atoms with Gasteiger partial charge in [0.15, 0.2) is 0 Å². The first-order chi connectivity index (χ1) is 23.1. The third kappa shape index (κ3) is 35.3. The summed E-state index contributed by atoms with van der Waals surface area (Å²) in [6, 6.07) is 0. The second kappa shape index (κ2) is 32.2. The quantitative estimate of drug-likeness (QED) is 0.0246. The minimum atomic E-state index is -4.25. The van der Waals surface area contributed by atoms with Crippen molar-refractivity contribution in [1.29, 1.82) is 0 Å². The Labute approximate surface area is 293 Å². The molecular weight excluding hydrogens is 625 g/mol. The van der Waals surface area contributed by atoms with Crippen LogP contribution in [0.15, 0.2) is 72.9 Å². The smallest absolute Gasteiger partial charge is 0.457 e. The Bertz CT molecular complexity index is 995. The van der Waals surface area contributed by atoms with Crippen LogP contribution < -0.4 is 0 Å². The Morgan fingerprint density at radius 2 is 1.19 bits per heavy atom. The summed E-state index contributed by atoms with van der Waals surface area (Å²) in [4.78, 5) is 22.2. The first kappa shape index (κ1) is 45.9. The van der Waals surface area contributed by atoms with E-state index in [2.05, 4.69) is 79.8 Å². The molecule has 0 fully saturated rings. The minimum absolute atomic E-state index is 0.0795. The van der Waals surface area contributed by atoms with Crippen LogP contribution in [0.2, 0.25) is 0 Å². The number of hydrogen-bond donors (Lipinski definition) is 1. The monoisotopic (exact) mass is 694 g/mol. The zero-order valence-corrected chi connectivity index (χ0v) is 31.8. The van der Waals surface area contributed by atoms with Gasteiger partial charge in [0.25, 0.3) is 0 Å². The number of carbonyl (C=O) groups is 1. The number of allylic oxidation sites excluding steroid dienone is 12. The van der Waals surface area contributed by atoms with Crippen LogP contribution in [0.3, 0.4) is 0 Å². The van der Waals surface area contributed by atoms with E-state index in [1.54, 1.807) is 0 Å². The van der Waals surface area contributed by atoms with Crippen LogP contribution in [-0.4, -0.2) is 75.6 Å². The molecule has 0 aliphatic carbocycles. The molecule has 0 saturated heterocycles. The van der Waals surface area contributed by atoms with E-state index >= 15 is 0 Å². The van der Waals surface area contributed by atoms with Crippen LogP contribution in [0.5, 0.6) is 0 Å². The van der Waals surface area contributed by atoms with E-state index in [1.165, 1.54) is 12.8 Å². The SMILES string of the molecule is CC/C=C\C/C=C\C/C=C\C/C=C\C/C=C\C/C=C\CCCCCCCOCC(COP(=O)(O)OCC[N+](C)(C)C)OC(=O)CCCC. The number of phosphoric ester groups is 1. The van der Waals surface area contributed by atoms with Crippen LogP contribution in [0.25, 0.3) is 0 Å². The first-order valence-corrected chi connectivity index (χ1v) is 19.7. The normalized spacial score (nSPS) is 14.9. The molecular formula is C39H69NO7P+. The van der Waals surface area contributed by atoms with Crippen molar-refractivity contribution in [2.75, 3.05) is 54.1 Å². The molecule has 48 heavy (non-hydrogen) atoms. The Morgan fingerprint density at radius 3 is 1.73 bits per heavy atom. The molecule has 0 aromatic heterocycles. The van der Waals surface area contributed by atoms with Gasteiger partial charge in [-0.25, -0.2) is 4.57 Å². The molecule has 0 spiro atoms. The highest BCUT2D eigenvalue weighted by atomic mass is 31.2. The maximum atomic E-state index is 12.3. The summed E-state index contributed by atoms with van der Waals surface area (Å²) in [7, 11) is 1.63. The Hall–Kier alpha value is -2.06. The number of ether oxygens (including phenoxy) is 2. The fraction of sp³-hybridized carbons (Fsp3) is 0.667. The summed E-state index contributed by atoms with van der Waals surface area (Å²) in [6.07, 6.45) is 40.4. The zero-order chi connectivity index (χ0) is 35.6. The number of likely N-dealkylation sites (N-methyl/N-ethyl adjacent to an activating group) is 1. The van der Waals surface area contributed by atoms with E-state index < -0.39 is 13.9 Å². The predicted molar refractivity (Wildman–Crippen MR) is 201 cm³/mol. The van der Waals surface area contributed by atoms with Crippen molar-refractivity contribution in [1.82, 2.24) is 0 Å². The number of phosphoric acid groups is 1. The molecule has 0 aliphatic heterocycles. The van der Waals surface area contributed by atoms with E-state index in [1.807, 2.05) is 28.1 Å². The van der Waals surface area contributed by atoms with Gasteiger partial charge in [-0.2, -0.15) is 0 Å². The molecule has 0 aliphatic rings. The molecule has 0 heterocycles. The van der Waals surface area contributed by atoms with Gasteiger partial charge < -0.3 is 18.9 Å². The van der Waals surface area contributed by atoms with Crippen molar-refractivity contribution >= 4 is 13.8 Å². The van der Waals surface area contributed by atoms with Crippen LogP contribution in [0.4, 0.5) is 0 Å². The van der Waals surface area contributed by atoms with Crippen molar-refractivity contribution in [3.05, 3.63) is 72.9 Å². The van der Waals surface area contributed by atoms with Gasteiger partial charge in [-0.05, 0) is 64.2 Å². The van der Waals surface area contributed by atoms with E-state index in [9.17, 15) is 14.3 Å². The number of hydrogen-bond acceptors (Lipinski definition) is 6. The minimum Gasteiger partial charge on any atom is -0.457 e.